The van der Waals surface area contributed by atoms with Gasteiger partial charge in [-0.15, -0.1) is 0 Å². The second kappa shape index (κ2) is 20.4. The number of esters is 1. The zero-order valence-electron chi connectivity index (χ0n) is 35.0. The maximum absolute atomic E-state index is 14.5. The van der Waals surface area contributed by atoms with Crippen molar-refractivity contribution in [3.63, 3.8) is 0 Å². The van der Waals surface area contributed by atoms with E-state index in [2.05, 4.69) is 0 Å². The minimum atomic E-state index is -2.51. The number of methoxy groups -OCH3 is 3. The van der Waals surface area contributed by atoms with Crippen molar-refractivity contribution in [2.75, 3.05) is 27.9 Å². The number of aliphatic hydroxyl groups excluding tert-OH is 1. The van der Waals surface area contributed by atoms with Crippen molar-refractivity contribution < 1.29 is 57.5 Å². The number of carbonyl (C=O) groups is 4. The van der Waals surface area contributed by atoms with Crippen molar-refractivity contribution in [2.45, 2.75) is 167 Å². The quantitative estimate of drug-likeness (QED) is 0.200. The summed E-state index contributed by atoms with van der Waals surface area (Å²) in [7, 11) is 4.54. The number of piperidine rings is 1. The van der Waals surface area contributed by atoms with E-state index in [0.717, 1.165) is 5.57 Å². The van der Waals surface area contributed by atoms with Gasteiger partial charge in [-0.3, -0.25) is 14.4 Å². The predicted molar refractivity (Wildman–Crippen MR) is 207 cm³/mol. The molecule has 14 unspecified atom stereocenters. The number of carbonyl (C=O) groups excluding carboxylic acids is 4. The summed E-state index contributed by atoms with van der Waals surface area (Å²) >= 11 is 0. The van der Waals surface area contributed by atoms with Gasteiger partial charge in [0.2, 0.25) is 5.79 Å². The smallest absolute Gasteiger partial charge is 0.329 e. The van der Waals surface area contributed by atoms with Crippen LogP contribution < -0.4 is 0 Å². The Balaban J connectivity index is 1.76. The Morgan fingerprint density at radius 3 is 2.27 bits per heavy atom. The zero-order valence-corrected chi connectivity index (χ0v) is 35.0. The second-order valence-corrected chi connectivity index (χ2v) is 17.1. The number of fused-ring (bicyclic) bond motifs is 3. The zero-order chi connectivity index (χ0) is 41.5. The fraction of sp³-hybridized carbons (Fsp3) is 0.814. The molecular weight excluding hydrogens is 725 g/mol. The number of ether oxygens (including phenoxy) is 5. The fourth-order valence-electron chi connectivity index (χ4n) is 9.36. The second-order valence-electron chi connectivity index (χ2n) is 17.1. The molecule has 0 aromatic rings. The number of allylic oxidation sites excluding steroid dienone is 3. The maximum Gasteiger partial charge on any atom is 0.329 e. The number of hydrogen-bond acceptors (Lipinski definition) is 11. The van der Waals surface area contributed by atoms with Crippen molar-refractivity contribution in [1.29, 1.82) is 0 Å². The summed E-state index contributed by atoms with van der Waals surface area (Å²) in [6.45, 7) is 11.2. The molecule has 3 aliphatic heterocycles. The van der Waals surface area contributed by atoms with Crippen LogP contribution in [0.5, 0.6) is 0 Å². The minimum Gasteiger partial charge on any atom is -0.456 e. The largest absolute Gasteiger partial charge is 0.456 e. The Hall–Kier alpha value is -2.55. The van der Waals surface area contributed by atoms with Gasteiger partial charge in [0, 0.05) is 52.0 Å². The molecule has 13 heteroatoms. The average molecular weight is 794 g/mol. The van der Waals surface area contributed by atoms with Gasteiger partial charge < -0.3 is 38.8 Å². The molecule has 2 saturated heterocycles. The molecule has 3 fully saturated rings. The van der Waals surface area contributed by atoms with Crippen LogP contribution in [0.4, 0.5) is 4.39 Å². The van der Waals surface area contributed by atoms with Gasteiger partial charge >= 0.3 is 5.97 Å². The molecule has 56 heavy (non-hydrogen) atoms. The van der Waals surface area contributed by atoms with Crippen molar-refractivity contribution in [1.82, 2.24) is 4.90 Å². The van der Waals surface area contributed by atoms with Gasteiger partial charge in [0.15, 0.2) is 0 Å². The normalized spacial score (nSPS) is 40.6. The molecule has 0 radical (unpaired) electrons. The number of amides is 1. The van der Waals surface area contributed by atoms with E-state index in [1.165, 1.54) is 26.2 Å². The predicted octanol–water partition coefficient (Wildman–Crippen LogP) is 5.45. The Kier molecular flexibility index (Phi) is 16.8. The van der Waals surface area contributed by atoms with E-state index in [0.29, 0.717) is 56.9 Å². The molecule has 0 spiro atoms. The lowest BCUT2D eigenvalue weighted by atomic mass is 9.82. The van der Waals surface area contributed by atoms with E-state index in [9.17, 15) is 33.8 Å². The van der Waals surface area contributed by atoms with E-state index in [1.54, 1.807) is 20.8 Å². The average Bonchev–Trinajstić information content (AvgIpc) is 3.18. The number of hydrogen-bond donors (Lipinski definition) is 2. The Morgan fingerprint density at radius 1 is 0.964 bits per heavy atom. The van der Waals surface area contributed by atoms with E-state index >= 15 is 0 Å². The van der Waals surface area contributed by atoms with Gasteiger partial charge in [0.1, 0.15) is 30.2 Å². The molecule has 1 aliphatic carbocycles. The first-order valence-electron chi connectivity index (χ1n) is 20.7. The summed E-state index contributed by atoms with van der Waals surface area (Å²) in [5.41, 5.74) is 1.61. The van der Waals surface area contributed by atoms with Crippen molar-refractivity contribution >= 4 is 23.4 Å². The minimum absolute atomic E-state index is 0.0290. The molecule has 0 aromatic heterocycles. The topological polar surface area (TPSA) is 158 Å². The summed E-state index contributed by atoms with van der Waals surface area (Å²) in [5.74, 6) is -7.69. The number of nitrogens with zero attached hydrogens (tertiary/aromatic N) is 1. The third kappa shape index (κ3) is 10.7. The molecule has 12 nitrogen and oxygen atoms in total. The van der Waals surface area contributed by atoms with Gasteiger partial charge in [0.05, 0.1) is 24.4 Å². The van der Waals surface area contributed by atoms with Crippen molar-refractivity contribution in [3.8, 4) is 0 Å². The monoisotopic (exact) mass is 793 g/mol. The molecule has 3 heterocycles. The van der Waals surface area contributed by atoms with E-state index < -0.39 is 90.0 Å². The van der Waals surface area contributed by atoms with Crippen LogP contribution in [-0.2, 0) is 42.9 Å². The lowest BCUT2D eigenvalue weighted by molar-refractivity contribution is -0.302. The molecule has 0 aromatic carbocycles. The lowest BCUT2D eigenvalue weighted by Gasteiger charge is -2.47. The first-order valence-corrected chi connectivity index (χ1v) is 20.7. The molecule has 4 rings (SSSR count). The summed E-state index contributed by atoms with van der Waals surface area (Å²) < 4.78 is 44.1. The van der Waals surface area contributed by atoms with Crippen molar-refractivity contribution in [3.05, 3.63) is 23.3 Å². The molecule has 4 aliphatic rings. The third-order valence-corrected chi connectivity index (χ3v) is 12.8. The molecule has 318 valence electrons. The SMILES string of the molecule is CCC1C=C(C)CC(C)CC(OC)C2OC(O)(C(=O)C(=O)N3CCCCC3C(=O)OC(C(C)=CC3CCC(F)C(OC)C3)C(C)C(O)CC1=O)C(C)CC2OC. The molecule has 14 atom stereocenters. The van der Waals surface area contributed by atoms with Gasteiger partial charge in [-0.2, -0.15) is 0 Å². The summed E-state index contributed by atoms with van der Waals surface area (Å²) in [6.07, 6.45) is 2.31. The van der Waals surface area contributed by atoms with Gasteiger partial charge in [-0.1, -0.05) is 45.4 Å². The van der Waals surface area contributed by atoms with E-state index in [1.807, 2.05) is 32.9 Å². The highest BCUT2D eigenvalue weighted by Crippen LogP contribution is 2.39. The van der Waals surface area contributed by atoms with Crippen LogP contribution in [0.15, 0.2) is 23.3 Å². The van der Waals surface area contributed by atoms with Crippen LogP contribution in [0.3, 0.4) is 0 Å². The third-order valence-electron chi connectivity index (χ3n) is 12.8. The summed E-state index contributed by atoms with van der Waals surface area (Å²) in [6, 6.07) is -1.15. The molecule has 1 saturated carbocycles. The van der Waals surface area contributed by atoms with Crippen LogP contribution >= 0.6 is 0 Å². The summed E-state index contributed by atoms with van der Waals surface area (Å²) in [5, 5.41) is 23.6. The number of rotatable bonds is 6. The number of halogens is 1. The van der Waals surface area contributed by atoms with E-state index in [4.69, 9.17) is 23.7 Å². The number of alkyl halides is 1. The fourth-order valence-corrected chi connectivity index (χ4v) is 9.36. The number of aliphatic hydroxyl groups is 2. The molecular formula is C43H68FNO11. The van der Waals surface area contributed by atoms with Crippen LogP contribution in [0, 0.1) is 29.6 Å². The Bertz CT molecular complexity index is 1440. The van der Waals surface area contributed by atoms with Gasteiger partial charge in [-0.05, 0) is 95.5 Å². The first-order chi connectivity index (χ1) is 26.5. The van der Waals surface area contributed by atoms with Gasteiger partial charge in [-0.25, -0.2) is 9.18 Å². The highest BCUT2D eigenvalue weighted by molar-refractivity contribution is 6.39. The number of Topliss-reactive ketones (excluding diaryl/α,β-unsaturated/α-hetero) is 2. The highest BCUT2D eigenvalue weighted by atomic mass is 19.1. The van der Waals surface area contributed by atoms with Crippen LogP contribution in [0.2, 0.25) is 0 Å². The van der Waals surface area contributed by atoms with E-state index in [-0.39, 0.29) is 43.4 Å². The first kappa shape index (κ1) is 46.1. The standard InChI is InChI=1S/C43H68FNO11/c1-10-30-18-24(2)17-25(3)19-36(53-8)39-37(54-9)21-27(5)43(51,56-39)40(48)41(49)45-16-12-11-13-32(45)42(50)55-38(28(6)33(46)23-34(30)47)26(4)20-29-14-15-31(44)35(22-29)52-7/h18,20,25,27-33,35-39,46,51H,10-17,19,21-23H2,1-9H3. The molecule has 2 N–H and O–H groups in total. The molecule has 1 amide bonds. The maximum atomic E-state index is 14.5. The highest BCUT2D eigenvalue weighted by Gasteiger charge is 2.56. The lowest BCUT2D eigenvalue weighted by Crippen LogP contribution is -2.64. The Morgan fingerprint density at radius 2 is 1.62 bits per heavy atom. The number of cyclic esters (lactones) is 1. The Labute approximate surface area is 332 Å². The van der Waals surface area contributed by atoms with Crippen LogP contribution in [-0.4, -0.2) is 121 Å². The van der Waals surface area contributed by atoms with Gasteiger partial charge in [0.25, 0.3) is 11.7 Å². The van der Waals surface area contributed by atoms with Crippen LogP contribution in [0.1, 0.15) is 112 Å². The van der Waals surface area contributed by atoms with Crippen molar-refractivity contribution in [2.24, 2.45) is 29.6 Å². The van der Waals surface area contributed by atoms with Crippen LogP contribution in [0.25, 0.3) is 0 Å². The molecule has 2 bridgehead atoms. The summed E-state index contributed by atoms with van der Waals surface area (Å²) in [4.78, 5) is 57.6. The number of ketones is 2.